The quantitative estimate of drug-likeness (QED) is 0.509. The first-order valence-corrected chi connectivity index (χ1v) is 10.4. The highest BCUT2D eigenvalue weighted by molar-refractivity contribution is 5.57. The van der Waals surface area contributed by atoms with E-state index in [2.05, 4.69) is 20.0 Å². The van der Waals surface area contributed by atoms with Gasteiger partial charge >= 0.3 is 0 Å². The van der Waals surface area contributed by atoms with Gasteiger partial charge in [-0.15, -0.1) is 0 Å². The van der Waals surface area contributed by atoms with E-state index in [-0.39, 0.29) is 11.1 Å². The van der Waals surface area contributed by atoms with Gasteiger partial charge in [0, 0.05) is 55.9 Å². The van der Waals surface area contributed by atoms with Gasteiger partial charge in [-0.2, -0.15) is 5.10 Å². The van der Waals surface area contributed by atoms with Crippen molar-refractivity contribution in [2.75, 3.05) is 18.0 Å². The van der Waals surface area contributed by atoms with E-state index >= 15 is 0 Å². The molecule has 31 heavy (non-hydrogen) atoms. The second-order valence-electron chi connectivity index (χ2n) is 7.79. The summed E-state index contributed by atoms with van der Waals surface area (Å²) < 4.78 is 3.11. The molecule has 0 radical (unpaired) electrons. The van der Waals surface area contributed by atoms with Crippen molar-refractivity contribution >= 4 is 11.5 Å². The Kier molecular flexibility index (Phi) is 5.03. The van der Waals surface area contributed by atoms with Crippen molar-refractivity contribution in [2.45, 2.75) is 19.4 Å². The average Bonchev–Trinajstić information content (AvgIpc) is 2.81. The summed E-state index contributed by atoms with van der Waals surface area (Å²) in [4.78, 5) is 35.6. The van der Waals surface area contributed by atoms with E-state index in [9.17, 15) is 9.59 Å². The highest BCUT2D eigenvalue weighted by atomic mass is 16.1. The van der Waals surface area contributed by atoms with E-state index < -0.39 is 0 Å². The minimum absolute atomic E-state index is 0.0774. The van der Waals surface area contributed by atoms with Gasteiger partial charge < -0.3 is 4.90 Å². The Bertz CT molecular complexity index is 1320. The maximum absolute atomic E-state index is 12.4. The number of nitrogens with zero attached hydrogens (tertiary/aromatic N) is 6. The first-order valence-electron chi connectivity index (χ1n) is 10.4. The summed E-state index contributed by atoms with van der Waals surface area (Å²) >= 11 is 0. The number of hydrogen-bond donors (Lipinski definition) is 0. The summed E-state index contributed by atoms with van der Waals surface area (Å²) in [5.41, 5.74) is 2.18. The largest absolute Gasteiger partial charge is 0.356 e. The van der Waals surface area contributed by atoms with Crippen LogP contribution in [-0.4, -0.2) is 37.2 Å². The maximum Gasteiger partial charge on any atom is 0.266 e. The van der Waals surface area contributed by atoms with E-state index in [1.807, 2.05) is 30.3 Å². The molecule has 4 aromatic rings. The zero-order chi connectivity index (χ0) is 21.2. The lowest BCUT2D eigenvalue weighted by Crippen LogP contribution is -2.38. The van der Waals surface area contributed by atoms with Crippen LogP contribution in [0.25, 0.3) is 16.9 Å². The van der Waals surface area contributed by atoms with Crippen LogP contribution in [0.5, 0.6) is 0 Å². The molecule has 0 aromatic carbocycles. The number of rotatable bonds is 4. The van der Waals surface area contributed by atoms with Crippen LogP contribution in [0.2, 0.25) is 0 Å². The smallest absolute Gasteiger partial charge is 0.266 e. The molecule has 0 saturated carbocycles. The number of fused-ring (bicyclic) bond motifs is 1. The lowest BCUT2D eigenvalue weighted by atomic mass is 9.97. The van der Waals surface area contributed by atoms with E-state index in [4.69, 9.17) is 0 Å². The van der Waals surface area contributed by atoms with E-state index in [1.165, 1.54) is 0 Å². The molecule has 4 aromatic heterocycles. The van der Waals surface area contributed by atoms with E-state index in [0.717, 1.165) is 37.2 Å². The summed E-state index contributed by atoms with van der Waals surface area (Å²) in [6, 6.07) is 14.2. The third kappa shape index (κ3) is 3.96. The Balaban J connectivity index is 1.30. The molecule has 5 rings (SSSR count). The van der Waals surface area contributed by atoms with Gasteiger partial charge in [0.15, 0.2) is 0 Å². The summed E-state index contributed by atoms with van der Waals surface area (Å²) in [6.07, 6.45) is 6.97. The number of pyridine rings is 2. The molecular formula is C23H22N6O2. The molecule has 0 spiro atoms. The summed E-state index contributed by atoms with van der Waals surface area (Å²) in [6.45, 7) is 2.16. The van der Waals surface area contributed by atoms with Gasteiger partial charge in [-0.05, 0) is 49.1 Å². The van der Waals surface area contributed by atoms with Crippen molar-refractivity contribution in [3.8, 4) is 11.3 Å². The molecular weight excluding hydrogens is 392 g/mol. The Morgan fingerprint density at radius 2 is 1.74 bits per heavy atom. The van der Waals surface area contributed by atoms with Crippen molar-refractivity contribution in [1.29, 1.82) is 0 Å². The highest BCUT2D eigenvalue weighted by Crippen LogP contribution is 2.23. The number of aromatic nitrogens is 5. The van der Waals surface area contributed by atoms with E-state index in [0.29, 0.717) is 23.9 Å². The van der Waals surface area contributed by atoms with Crippen molar-refractivity contribution in [3.05, 3.63) is 87.8 Å². The normalized spacial score (nSPS) is 14.8. The van der Waals surface area contributed by atoms with Gasteiger partial charge in [0.05, 0.1) is 5.69 Å². The molecule has 1 aliphatic rings. The molecule has 8 heteroatoms. The van der Waals surface area contributed by atoms with Crippen LogP contribution in [0.1, 0.15) is 12.8 Å². The van der Waals surface area contributed by atoms with Crippen LogP contribution in [-0.2, 0) is 6.54 Å². The zero-order valence-corrected chi connectivity index (χ0v) is 17.0. The molecule has 1 aliphatic heterocycles. The van der Waals surface area contributed by atoms with Crippen molar-refractivity contribution in [3.63, 3.8) is 0 Å². The molecule has 0 unspecified atom stereocenters. The topological polar surface area (TPSA) is 85.4 Å². The van der Waals surface area contributed by atoms with Crippen LogP contribution in [0.4, 0.5) is 5.82 Å². The third-order valence-electron chi connectivity index (χ3n) is 5.77. The summed E-state index contributed by atoms with van der Waals surface area (Å²) in [5, 5.41) is 4.57. The van der Waals surface area contributed by atoms with Gasteiger partial charge in [0.1, 0.15) is 11.5 Å². The van der Waals surface area contributed by atoms with Crippen molar-refractivity contribution in [1.82, 2.24) is 24.1 Å². The monoisotopic (exact) mass is 414 g/mol. The number of hydrogen-bond acceptors (Lipinski definition) is 6. The second-order valence-corrected chi connectivity index (χ2v) is 7.79. The lowest BCUT2D eigenvalue weighted by Gasteiger charge is -2.32. The molecule has 1 saturated heterocycles. The molecule has 0 aliphatic carbocycles. The molecule has 0 bridgehead atoms. The predicted molar refractivity (Wildman–Crippen MR) is 118 cm³/mol. The highest BCUT2D eigenvalue weighted by Gasteiger charge is 2.22. The second kappa shape index (κ2) is 8.14. The Labute approximate surface area is 178 Å². The number of anilines is 1. The third-order valence-corrected chi connectivity index (χ3v) is 5.77. The molecule has 1 fully saturated rings. The van der Waals surface area contributed by atoms with Crippen LogP contribution in [0.15, 0.2) is 76.7 Å². The van der Waals surface area contributed by atoms with E-state index in [1.54, 1.807) is 45.9 Å². The van der Waals surface area contributed by atoms with Crippen molar-refractivity contribution < 1.29 is 0 Å². The van der Waals surface area contributed by atoms with Gasteiger partial charge in [0.2, 0.25) is 0 Å². The SMILES string of the molecule is O=c1ccc(-c2ccncc2)nn1CC1CCN(c2cc(=O)n3ccccc3n2)CC1. The van der Waals surface area contributed by atoms with Crippen molar-refractivity contribution in [2.24, 2.45) is 5.92 Å². The fourth-order valence-corrected chi connectivity index (χ4v) is 4.05. The minimum Gasteiger partial charge on any atom is -0.356 e. The first kappa shape index (κ1) is 19.2. The zero-order valence-electron chi connectivity index (χ0n) is 17.0. The first-order chi connectivity index (χ1) is 15.2. The van der Waals surface area contributed by atoms with Gasteiger partial charge in [0.25, 0.3) is 11.1 Å². The molecule has 156 valence electrons. The standard InChI is InChI=1S/C23H22N6O2/c30-22-5-4-19(18-6-10-24-11-7-18)26-29(22)16-17-8-13-27(14-9-17)21-15-23(31)28-12-2-1-3-20(28)25-21/h1-7,10-12,15,17H,8-9,13-14,16H2. The average molecular weight is 414 g/mol. The summed E-state index contributed by atoms with van der Waals surface area (Å²) in [5.74, 6) is 1.06. The molecule has 5 heterocycles. The molecule has 0 N–H and O–H groups in total. The van der Waals surface area contributed by atoms with Crippen LogP contribution in [0.3, 0.4) is 0 Å². The maximum atomic E-state index is 12.4. The Hall–Kier alpha value is -3.81. The minimum atomic E-state index is -0.0931. The Morgan fingerprint density at radius 1 is 0.935 bits per heavy atom. The van der Waals surface area contributed by atoms with Crippen LogP contribution < -0.4 is 16.0 Å². The molecule has 0 atom stereocenters. The van der Waals surface area contributed by atoms with Gasteiger partial charge in [-0.1, -0.05) is 6.07 Å². The fraction of sp³-hybridized carbons (Fsp3) is 0.261. The molecule has 8 nitrogen and oxygen atoms in total. The Morgan fingerprint density at radius 3 is 2.55 bits per heavy atom. The van der Waals surface area contributed by atoms with Gasteiger partial charge in [-0.25, -0.2) is 9.67 Å². The predicted octanol–water partition coefficient (Wildman–Crippen LogP) is 2.23. The van der Waals surface area contributed by atoms with Crippen LogP contribution in [0, 0.1) is 5.92 Å². The molecule has 0 amide bonds. The summed E-state index contributed by atoms with van der Waals surface area (Å²) in [7, 11) is 0. The van der Waals surface area contributed by atoms with Gasteiger partial charge in [-0.3, -0.25) is 19.0 Å². The number of piperidine rings is 1. The lowest BCUT2D eigenvalue weighted by molar-refractivity contribution is 0.335. The fourth-order valence-electron chi connectivity index (χ4n) is 4.05. The van der Waals surface area contributed by atoms with Crippen LogP contribution >= 0.6 is 0 Å².